The predicted octanol–water partition coefficient (Wildman–Crippen LogP) is 3.76. The zero-order valence-electron chi connectivity index (χ0n) is 13.5. The fourth-order valence-corrected chi connectivity index (χ4v) is 2.72. The molecule has 0 aliphatic heterocycles. The Labute approximate surface area is 124 Å². The summed E-state index contributed by atoms with van der Waals surface area (Å²) in [6.07, 6.45) is 8.55. The molecule has 3 nitrogen and oxygen atoms in total. The third-order valence-electron chi connectivity index (χ3n) is 3.94. The maximum Gasteiger partial charge on any atom is 0.0516 e. The number of unbranched alkanes of at least 4 members (excludes halogenated alkanes) is 2. The molecule has 0 aliphatic rings. The first-order valence-electron chi connectivity index (χ1n) is 8.03. The summed E-state index contributed by atoms with van der Waals surface area (Å²) in [5.41, 5.74) is 7.67. The molecule has 0 saturated carbocycles. The van der Waals surface area contributed by atoms with Crippen molar-refractivity contribution in [2.45, 2.75) is 71.5 Å². The lowest BCUT2D eigenvalue weighted by Crippen LogP contribution is -2.44. The number of aromatic nitrogens is 1. The molecule has 20 heavy (non-hydrogen) atoms. The van der Waals surface area contributed by atoms with Gasteiger partial charge in [0.25, 0.3) is 0 Å². The minimum Gasteiger partial charge on any atom is -0.326 e. The van der Waals surface area contributed by atoms with E-state index in [9.17, 15) is 0 Å². The Kier molecular flexibility index (Phi) is 7.78. The largest absolute Gasteiger partial charge is 0.326 e. The molecular formula is C17H31N3. The van der Waals surface area contributed by atoms with E-state index in [1.54, 1.807) is 0 Å². The smallest absolute Gasteiger partial charge is 0.0516 e. The summed E-state index contributed by atoms with van der Waals surface area (Å²) in [5, 5.41) is 0. The van der Waals surface area contributed by atoms with Crippen molar-refractivity contribution in [3.05, 3.63) is 30.1 Å². The molecule has 114 valence electrons. The van der Waals surface area contributed by atoms with Gasteiger partial charge in [0.1, 0.15) is 0 Å². The summed E-state index contributed by atoms with van der Waals surface area (Å²) in [6, 6.07) is 5.08. The number of hydrogen-bond donors (Lipinski definition) is 1. The van der Waals surface area contributed by atoms with Gasteiger partial charge < -0.3 is 5.73 Å². The van der Waals surface area contributed by atoms with Crippen LogP contribution in [0, 0.1) is 0 Å². The molecule has 3 heteroatoms. The summed E-state index contributed by atoms with van der Waals surface area (Å²) in [7, 11) is 0. The van der Waals surface area contributed by atoms with Gasteiger partial charge in [-0.3, -0.25) is 9.88 Å². The molecule has 0 radical (unpaired) electrons. The van der Waals surface area contributed by atoms with Crippen molar-refractivity contribution in [1.29, 1.82) is 0 Å². The Morgan fingerprint density at radius 3 is 2.50 bits per heavy atom. The number of hydrogen-bond acceptors (Lipinski definition) is 3. The molecule has 2 N–H and O–H groups in total. The highest BCUT2D eigenvalue weighted by Crippen LogP contribution is 2.27. The Morgan fingerprint density at radius 1 is 1.25 bits per heavy atom. The van der Waals surface area contributed by atoms with Crippen molar-refractivity contribution in [3.8, 4) is 0 Å². The predicted molar refractivity (Wildman–Crippen MR) is 86.6 cm³/mol. The average molecular weight is 277 g/mol. The van der Waals surface area contributed by atoms with Crippen molar-refractivity contribution in [1.82, 2.24) is 9.88 Å². The molecule has 2 unspecified atom stereocenters. The van der Waals surface area contributed by atoms with Crippen LogP contribution in [0.15, 0.2) is 24.5 Å². The third-order valence-corrected chi connectivity index (χ3v) is 3.94. The fourth-order valence-electron chi connectivity index (χ4n) is 2.72. The van der Waals surface area contributed by atoms with E-state index in [2.05, 4.69) is 43.6 Å². The highest BCUT2D eigenvalue weighted by Gasteiger charge is 2.27. The van der Waals surface area contributed by atoms with Gasteiger partial charge in [-0.1, -0.05) is 32.8 Å². The fraction of sp³-hybridized carbons (Fsp3) is 0.706. The number of nitrogens with zero attached hydrogens (tertiary/aromatic N) is 2. The first-order valence-corrected chi connectivity index (χ1v) is 8.03. The van der Waals surface area contributed by atoms with E-state index in [4.69, 9.17) is 5.73 Å². The van der Waals surface area contributed by atoms with E-state index in [0.29, 0.717) is 6.04 Å². The Balaban J connectivity index is 2.93. The normalized spacial score (nSPS) is 14.8. The van der Waals surface area contributed by atoms with E-state index in [0.717, 1.165) is 13.0 Å². The van der Waals surface area contributed by atoms with Crippen LogP contribution in [0.3, 0.4) is 0 Å². The summed E-state index contributed by atoms with van der Waals surface area (Å²) >= 11 is 0. The topological polar surface area (TPSA) is 42.2 Å². The van der Waals surface area contributed by atoms with Crippen molar-refractivity contribution in [3.63, 3.8) is 0 Å². The van der Waals surface area contributed by atoms with Gasteiger partial charge in [-0.15, -0.1) is 0 Å². The van der Waals surface area contributed by atoms with E-state index in [1.165, 1.54) is 24.8 Å². The quantitative estimate of drug-likeness (QED) is 0.699. The van der Waals surface area contributed by atoms with Gasteiger partial charge >= 0.3 is 0 Å². The minimum absolute atomic E-state index is 0.156. The van der Waals surface area contributed by atoms with Crippen LogP contribution in [-0.4, -0.2) is 28.5 Å². The Morgan fingerprint density at radius 2 is 2.00 bits per heavy atom. The zero-order chi connectivity index (χ0) is 15.0. The Hall–Kier alpha value is -0.930. The van der Waals surface area contributed by atoms with Crippen LogP contribution in [0.25, 0.3) is 0 Å². The molecule has 1 rings (SSSR count). The summed E-state index contributed by atoms with van der Waals surface area (Å²) in [5.74, 6) is 0. The summed E-state index contributed by atoms with van der Waals surface area (Å²) in [6.45, 7) is 10.0. The molecule has 0 fully saturated rings. The van der Waals surface area contributed by atoms with Gasteiger partial charge in [-0.2, -0.15) is 0 Å². The standard InChI is InChI=1S/C17H31N3/c1-5-7-8-12-20(14(3)4)17(16(18)6-2)15-10-9-11-19-13-15/h9-11,13-14,16-17H,5-8,12,18H2,1-4H3. The first-order chi connectivity index (χ1) is 9.61. The number of rotatable bonds is 9. The second-order valence-corrected chi connectivity index (χ2v) is 5.84. The molecule has 1 aromatic rings. The molecule has 0 aliphatic carbocycles. The molecule has 0 aromatic carbocycles. The average Bonchev–Trinajstić information content (AvgIpc) is 2.46. The monoisotopic (exact) mass is 277 g/mol. The lowest BCUT2D eigenvalue weighted by atomic mass is 9.96. The van der Waals surface area contributed by atoms with Gasteiger partial charge in [-0.05, 0) is 44.9 Å². The molecule has 0 bridgehead atoms. The second-order valence-electron chi connectivity index (χ2n) is 5.84. The van der Waals surface area contributed by atoms with Crippen LogP contribution in [0.2, 0.25) is 0 Å². The highest BCUT2D eigenvalue weighted by molar-refractivity contribution is 5.16. The van der Waals surface area contributed by atoms with Gasteiger partial charge in [0.05, 0.1) is 6.04 Å². The van der Waals surface area contributed by atoms with Crippen LogP contribution in [0.5, 0.6) is 0 Å². The van der Waals surface area contributed by atoms with Crippen molar-refractivity contribution < 1.29 is 0 Å². The van der Waals surface area contributed by atoms with E-state index in [-0.39, 0.29) is 12.1 Å². The second kappa shape index (κ2) is 9.09. The molecule has 0 saturated heterocycles. The van der Waals surface area contributed by atoms with E-state index >= 15 is 0 Å². The molecule has 0 amide bonds. The number of pyridine rings is 1. The minimum atomic E-state index is 0.156. The lowest BCUT2D eigenvalue weighted by Gasteiger charge is -2.38. The molecular weight excluding hydrogens is 246 g/mol. The summed E-state index contributed by atoms with van der Waals surface area (Å²) in [4.78, 5) is 6.82. The van der Waals surface area contributed by atoms with Gasteiger partial charge in [0.2, 0.25) is 0 Å². The van der Waals surface area contributed by atoms with Crippen LogP contribution in [0.4, 0.5) is 0 Å². The van der Waals surface area contributed by atoms with Gasteiger partial charge in [-0.25, -0.2) is 0 Å². The maximum atomic E-state index is 6.42. The van der Waals surface area contributed by atoms with Crippen LogP contribution < -0.4 is 5.73 Å². The molecule has 1 heterocycles. The van der Waals surface area contributed by atoms with Crippen molar-refractivity contribution in [2.24, 2.45) is 5.73 Å². The van der Waals surface area contributed by atoms with E-state index in [1.807, 2.05) is 18.5 Å². The molecule has 1 aromatic heterocycles. The number of nitrogens with two attached hydrogens (primary N) is 1. The maximum absolute atomic E-state index is 6.42. The third kappa shape index (κ3) is 4.88. The SMILES string of the molecule is CCCCCN(C(C)C)C(c1cccnc1)C(N)CC. The van der Waals surface area contributed by atoms with Gasteiger partial charge in [0.15, 0.2) is 0 Å². The Bertz CT molecular complexity index is 351. The zero-order valence-corrected chi connectivity index (χ0v) is 13.5. The van der Waals surface area contributed by atoms with Crippen LogP contribution in [-0.2, 0) is 0 Å². The van der Waals surface area contributed by atoms with Crippen molar-refractivity contribution in [2.75, 3.05) is 6.54 Å². The van der Waals surface area contributed by atoms with Crippen molar-refractivity contribution >= 4 is 0 Å². The van der Waals surface area contributed by atoms with Crippen LogP contribution in [0.1, 0.15) is 65.0 Å². The first kappa shape index (κ1) is 17.1. The van der Waals surface area contributed by atoms with E-state index < -0.39 is 0 Å². The van der Waals surface area contributed by atoms with Crippen LogP contribution >= 0.6 is 0 Å². The van der Waals surface area contributed by atoms with Gasteiger partial charge in [0, 0.05) is 24.5 Å². The highest BCUT2D eigenvalue weighted by atomic mass is 15.2. The summed E-state index contributed by atoms with van der Waals surface area (Å²) < 4.78 is 0. The molecule has 2 atom stereocenters. The lowest BCUT2D eigenvalue weighted by molar-refractivity contribution is 0.127. The molecule has 0 spiro atoms.